The van der Waals surface area contributed by atoms with Gasteiger partial charge in [0.1, 0.15) is 23.4 Å². The maximum absolute atomic E-state index is 13.3. The predicted molar refractivity (Wildman–Crippen MR) is 122 cm³/mol. The normalized spacial score (nSPS) is 12.2. The fourth-order valence-electron chi connectivity index (χ4n) is 3.70. The topological polar surface area (TPSA) is 101 Å². The van der Waals surface area contributed by atoms with E-state index in [0.29, 0.717) is 28.2 Å². The first kappa shape index (κ1) is 20.8. The number of carbonyl (C=O) groups excluding carboxylic acids is 1. The number of fused-ring (bicyclic) bond motifs is 2. The van der Waals surface area contributed by atoms with Gasteiger partial charge in [-0.1, -0.05) is 13.0 Å². The molecule has 3 heterocycles. The summed E-state index contributed by atoms with van der Waals surface area (Å²) >= 11 is 0. The van der Waals surface area contributed by atoms with Gasteiger partial charge in [0.05, 0.1) is 16.6 Å². The Morgan fingerprint density at radius 1 is 1.19 bits per heavy atom. The van der Waals surface area contributed by atoms with Crippen LogP contribution in [0.3, 0.4) is 0 Å². The number of rotatable bonds is 3. The first-order valence-electron chi connectivity index (χ1n) is 10.5. The Morgan fingerprint density at radius 2 is 1.94 bits per heavy atom. The molecule has 0 unspecified atom stereocenters. The second kappa shape index (κ2) is 7.37. The fraction of sp³-hybridized carbons (Fsp3) is 0.391. The van der Waals surface area contributed by atoms with E-state index in [-0.39, 0.29) is 6.04 Å². The van der Waals surface area contributed by atoms with Gasteiger partial charge in [0.15, 0.2) is 5.65 Å². The zero-order valence-corrected chi connectivity index (χ0v) is 18.8. The van der Waals surface area contributed by atoms with E-state index in [9.17, 15) is 4.79 Å². The molecule has 0 amide bonds. The van der Waals surface area contributed by atoms with Crippen LogP contribution in [0.1, 0.15) is 53.1 Å². The van der Waals surface area contributed by atoms with Gasteiger partial charge in [-0.3, -0.25) is 0 Å². The number of aromatic nitrogens is 5. The average Bonchev–Trinajstić information content (AvgIpc) is 3.25. The molecule has 0 aliphatic heterocycles. The molecule has 0 saturated carbocycles. The zero-order valence-electron chi connectivity index (χ0n) is 18.8. The van der Waals surface area contributed by atoms with Gasteiger partial charge in [0.25, 0.3) is 0 Å². The molecular weight excluding hydrogens is 392 g/mol. The molecule has 0 spiro atoms. The average molecular weight is 421 g/mol. The molecule has 162 valence electrons. The molecule has 31 heavy (non-hydrogen) atoms. The molecule has 2 N–H and O–H groups in total. The summed E-state index contributed by atoms with van der Waals surface area (Å²) in [4.78, 5) is 21.9. The van der Waals surface area contributed by atoms with E-state index < -0.39 is 11.7 Å². The van der Waals surface area contributed by atoms with Gasteiger partial charge in [-0.2, -0.15) is 5.10 Å². The van der Waals surface area contributed by atoms with E-state index >= 15 is 0 Å². The quantitative estimate of drug-likeness (QED) is 0.503. The lowest BCUT2D eigenvalue weighted by Crippen LogP contribution is -2.27. The minimum absolute atomic E-state index is 0.0524. The van der Waals surface area contributed by atoms with Crippen molar-refractivity contribution in [1.29, 1.82) is 0 Å². The number of anilines is 1. The number of nitrogens with two attached hydrogens (primary N) is 1. The van der Waals surface area contributed by atoms with Crippen LogP contribution in [-0.4, -0.2) is 36.0 Å². The molecule has 0 saturated heterocycles. The van der Waals surface area contributed by atoms with E-state index in [2.05, 4.69) is 23.0 Å². The molecular formula is C23H28N6O2. The van der Waals surface area contributed by atoms with Crippen molar-refractivity contribution in [3.8, 4) is 11.4 Å². The van der Waals surface area contributed by atoms with Crippen molar-refractivity contribution >= 4 is 33.8 Å². The Labute approximate surface area is 181 Å². The van der Waals surface area contributed by atoms with Gasteiger partial charge in [-0.05, 0) is 64.8 Å². The number of benzene rings is 1. The Bertz CT molecular complexity index is 1290. The summed E-state index contributed by atoms with van der Waals surface area (Å²) in [5.41, 5.74) is 9.33. The molecule has 0 fully saturated rings. The van der Waals surface area contributed by atoms with Crippen molar-refractivity contribution in [2.45, 2.75) is 59.6 Å². The molecule has 8 nitrogen and oxygen atoms in total. The monoisotopic (exact) mass is 420 g/mol. The summed E-state index contributed by atoms with van der Waals surface area (Å²) in [7, 11) is 0. The van der Waals surface area contributed by atoms with Gasteiger partial charge in [0, 0.05) is 11.4 Å². The zero-order chi connectivity index (χ0) is 22.5. The molecule has 0 atom stereocenters. The van der Waals surface area contributed by atoms with E-state index in [1.807, 2.05) is 52.8 Å². The van der Waals surface area contributed by atoms with E-state index in [0.717, 1.165) is 17.3 Å². The van der Waals surface area contributed by atoms with Gasteiger partial charge in [-0.25, -0.2) is 24.0 Å². The molecule has 4 aromatic rings. The lowest BCUT2D eigenvalue weighted by molar-refractivity contribution is 0.0547. The molecule has 0 aliphatic carbocycles. The number of carbonyl (C=O) groups is 1. The van der Waals surface area contributed by atoms with Crippen LogP contribution in [-0.2, 0) is 11.2 Å². The molecule has 4 rings (SSSR count). The van der Waals surface area contributed by atoms with E-state index in [4.69, 9.17) is 15.6 Å². The molecule has 0 bridgehead atoms. The van der Waals surface area contributed by atoms with E-state index in [1.165, 1.54) is 11.9 Å². The molecule has 3 aromatic heterocycles. The van der Waals surface area contributed by atoms with Gasteiger partial charge >= 0.3 is 6.09 Å². The Kier molecular flexibility index (Phi) is 4.95. The van der Waals surface area contributed by atoms with Gasteiger partial charge < -0.3 is 10.5 Å². The van der Waals surface area contributed by atoms with Crippen LogP contribution in [0.4, 0.5) is 10.6 Å². The van der Waals surface area contributed by atoms with Crippen molar-refractivity contribution in [2.75, 3.05) is 5.73 Å². The Balaban J connectivity index is 2.06. The number of ether oxygens (including phenoxy) is 1. The van der Waals surface area contributed by atoms with Crippen molar-refractivity contribution < 1.29 is 9.53 Å². The lowest BCUT2D eigenvalue weighted by Gasteiger charge is -2.20. The first-order valence-corrected chi connectivity index (χ1v) is 10.5. The standard InChI is InChI=1S/C23H28N6O2/c1-7-14-8-9-16-15(10-14)11-17(28(16)22(30)31-23(4,5)6)19-18-20(24)25-12-26-21(18)29(27-19)13(2)3/h8-13H,7H2,1-6H3,(H2,24,25,26). The molecule has 8 heteroatoms. The molecule has 1 aromatic carbocycles. The summed E-state index contributed by atoms with van der Waals surface area (Å²) in [6, 6.07) is 8.06. The summed E-state index contributed by atoms with van der Waals surface area (Å²) < 4.78 is 9.10. The number of aryl methyl sites for hydroxylation is 1. The smallest absolute Gasteiger partial charge is 0.419 e. The maximum atomic E-state index is 13.3. The number of nitrogens with zero attached hydrogens (tertiary/aromatic N) is 5. The second-order valence-electron chi connectivity index (χ2n) is 8.94. The number of hydrogen-bond donors (Lipinski definition) is 1. The molecule has 0 radical (unpaired) electrons. The maximum Gasteiger partial charge on any atom is 0.419 e. The highest BCUT2D eigenvalue weighted by Gasteiger charge is 2.27. The van der Waals surface area contributed by atoms with Crippen LogP contribution >= 0.6 is 0 Å². The third kappa shape index (κ3) is 3.62. The first-order chi connectivity index (χ1) is 14.6. The van der Waals surface area contributed by atoms with Crippen LogP contribution in [0.25, 0.3) is 33.3 Å². The summed E-state index contributed by atoms with van der Waals surface area (Å²) in [6.07, 6.45) is 1.86. The summed E-state index contributed by atoms with van der Waals surface area (Å²) in [5, 5.41) is 6.36. The third-order valence-electron chi connectivity index (χ3n) is 5.10. The van der Waals surface area contributed by atoms with Gasteiger partial charge in [0.2, 0.25) is 0 Å². The highest BCUT2D eigenvalue weighted by molar-refractivity contribution is 6.03. The summed E-state index contributed by atoms with van der Waals surface area (Å²) in [5.74, 6) is 0.321. The van der Waals surface area contributed by atoms with Crippen LogP contribution in [0.2, 0.25) is 0 Å². The van der Waals surface area contributed by atoms with Crippen LogP contribution in [0, 0.1) is 0 Å². The summed E-state index contributed by atoms with van der Waals surface area (Å²) in [6.45, 7) is 11.7. The van der Waals surface area contributed by atoms with Crippen LogP contribution in [0.5, 0.6) is 0 Å². The Hall–Kier alpha value is -3.42. The van der Waals surface area contributed by atoms with Gasteiger partial charge in [-0.15, -0.1) is 0 Å². The highest BCUT2D eigenvalue weighted by atomic mass is 16.6. The van der Waals surface area contributed by atoms with E-state index in [1.54, 1.807) is 9.25 Å². The minimum atomic E-state index is -0.643. The largest absolute Gasteiger partial charge is 0.443 e. The second-order valence-corrected chi connectivity index (χ2v) is 8.94. The van der Waals surface area contributed by atoms with Crippen LogP contribution < -0.4 is 5.73 Å². The number of nitrogen functional groups attached to an aromatic ring is 1. The lowest BCUT2D eigenvalue weighted by atomic mass is 10.1. The van der Waals surface area contributed by atoms with Crippen molar-refractivity contribution in [3.63, 3.8) is 0 Å². The van der Waals surface area contributed by atoms with Crippen molar-refractivity contribution in [3.05, 3.63) is 36.2 Å². The SMILES string of the molecule is CCc1ccc2c(c1)cc(-c1nn(C(C)C)c3ncnc(N)c13)n2C(=O)OC(C)(C)C. The van der Waals surface area contributed by atoms with Crippen molar-refractivity contribution in [2.24, 2.45) is 0 Å². The fourth-order valence-corrected chi connectivity index (χ4v) is 3.70. The highest BCUT2D eigenvalue weighted by Crippen LogP contribution is 2.35. The van der Waals surface area contributed by atoms with Crippen molar-refractivity contribution in [1.82, 2.24) is 24.3 Å². The molecule has 0 aliphatic rings. The number of hydrogen-bond acceptors (Lipinski definition) is 6. The van der Waals surface area contributed by atoms with Crippen LogP contribution in [0.15, 0.2) is 30.6 Å². The third-order valence-corrected chi connectivity index (χ3v) is 5.10. The predicted octanol–water partition coefficient (Wildman–Crippen LogP) is 4.96. The Morgan fingerprint density at radius 3 is 2.58 bits per heavy atom. The minimum Gasteiger partial charge on any atom is -0.443 e.